The molecule has 0 N–H and O–H groups in total. The third-order valence-corrected chi connectivity index (χ3v) is 5.66. The first-order valence-corrected chi connectivity index (χ1v) is 12.2. The summed E-state index contributed by atoms with van der Waals surface area (Å²) < 4.78 is 0. The van der Waals surface area contributed by atoms with Crippen LogP contribution in [0, 0.1) is 37.5 Å². The SMILES string of the molecule is CC.CCC.Cc1ccc(C#Cc2ccc(CCC3CCC(C)CC3)cc2C)cc1. The van der Waals surface area contributed by atoms with Crippen LogP contribution < -0.4 is 0 Å². The van der Waals surface area contributed by atoms with E-state index in [0.29, 0.717) is 0 Å². The molecule has 3 rings (SSSR count). The molecule has 30 heavy (non-hydrogen) atoms. The van der Waals surface area contributed by atoms with Crippen molar-refractivity contribution in [1.82, 2.24) is 0 Å². The van der Waals surface area contributed by atoms with Gasteiger partial charge in [-0.3, -0.25) is 0 Å². The molecule has 1 fully saturated rings. The van der Waals surface area contributed by atoms with Crippen LogP contribution in [0.1, 0.15) is 101 Å². The molecule has 0 atom stereocenters. The Bertz CT molecular complexity index is 762. The van der Waals surface area contributed by atoms with Crippen LogP contribution in [-0.2, 0) is 6.42 Å². The molecule has 0 unspecified atom stereocenters. The molecule has 0 amide bonds. The summed E-state index contributed by atoms with van der Waals surface area (Å²) in [5, 5.41) is 0. The molecular weight excluding hydrogens is 360 g/mol. The molecule has 0 spiro atoms. The van der Waals surface area contributed by atoms with E-state index in [1.54, 1.807) is 0 Å². The van der Waals surface area contributed by atoms with Crippen LogP contribution in [-0.4, -0.2) is 0 Å². The highest BCUT2D eigenvalue weighted by atomic mass is 14.2. The van der Waals surface area contributed by atoms with E-state index >= 15 is 0 Å². The van der Waals surface area contributed by atoms with Crippen LogP contribution in [0.15, 0.2) is 42.5 Å². The minimum Gasteiger partial charge on any atom is -0.0683 e. The zero-order chi connectivity index (χ0) is 22.4. The predicted octanol–water partition coefficient (Wildman–Crippen LogP) is 8.90. The van der Waals surface area contributed by atoms with E-state index in [9.17, 15) is 0 Å². The van der Waals surface area contributed by atoms with Gasteiger partial charge in [-0.05, 0) is 67.9 Å². The van der Waals surface area contributed by atoms with E-state index in [1.165, 1.54) is 61.6 Å². The first-order valence-electron chi connectivity index (χ1n) is 12.2. The lowest BCUT2D eigenvalue weighted by atomic mass is 9.80. The van der Waals surface area contributed by atoms with Crippen molar-refractivity contribution in [2.75, 3.05) is 0 Å². The van der Waals surface area contributed by atoms with E-state index in [-0.39, 0.29) is 0 Å². The second kappa shape index (κ2) is 14.9. The smallest absolute Gasteiger partial charge is 0.0278 e. The summed E-state index contributed by atoms with van der Waals surface area (Å²) >= 11 is 0. The second-order valence-electron chi connectivity index (χ2n) is 8.64. The average molecular weight is 405 g/mol. The Balaban J connectivity index is 0.000000826. The van der Waals surface area contributed by atoms with Gasteiger partial charge >= 0.3 is 0 Å². The van der Waals surface area contributed by atoms with Gasteiger partial charge in [0.2, 0.25) is 0 Å². The summed E-state index contributed by atoms with van der Waals surface area (Å²) in [5.74, 6) is 8.51. The number of hydrogen-bond donors (Lipinski definition) is 0. The quantitative estimate of drug-likeness (QED) is 0.448. The maximum atomic E-state index is 3.34. The topological polar surface area (TPSA) is 0 Å². The Morgan fingerprint density at radius 3 is 2.00 bits per heavy atom. The zero-order valence-corrected chi connectivity index (χ0v) is 20.6. The number of hydrogen-bond acceptors (Lipinski definition) is 0. The highest BCUT2D eigenvalue weighted by Crippen LogP contribution is 2.31. The molecule has 0 heterocycles. The zero-order valence-electron chi connectivity index (χ0n) is 20.6. The van der Waals surface area contributed by atoms with Gasteiger partial charge in [0.15, 0.2) is 0 Å². The highest BCUT2D eigenvalue weighted by molar-refractivity contribution is 5.47. The summed E-state index contributed by atoms with van der Waals surface area (Å²) in [6.07, 6.45) is 9.53. The number of aryl methyl sites for hydroxylation is 3. The average Bonchev–Trinajstić information content (AvgIpc) is 2.76. The van der Waals surface area contributed by atoms with Gasteiger partial charge in [-0.15, -0.1) is 0 Å². The monoisotopic (exact) mass is 404 g/mol. The van der Waals surface area contributed by atoms with Gasteiger partial charge in [-0.2, -0.15) is 0 Å². The van der Waals surface area contributed by atoms with Gasteiger partial charge in [0, 0.05) is 11.1 Å². The maximum Gasteiger partial charge on any atom is 0.0278 e. The molecule has 0 aliphatic heterocycles. The van der Waals surface area contributed by atoms with Crippen molar-refractivity contribution in [2.24, 2.45) is 11.8 Å². The number of benzene rings is 2. The van der Waals surface area contributed by atoms with Crippen LogP contribution in [0.4, 0.5) is 0 Å². The van der Waals surface area contributed by atoms with Gasteiger partial charge in [-0.25, -0.2) is 0 Å². The van der Waals surface area contributed by atoms with E-state index in [1.807, 2.05) is 13.8 Å². The molecule has 0 heteroatoms. The van der Waals surface area contributed by atoms with Crippen LogP contribution in [0.2, 0.25) is 0 Å². The summed E-state index contributed by atoms with van der Waals surface area (Å²) in [7, 11) is 0. The second-order valence-corrected chi connectivity index (χ2v) is 8.64. The van der Waals surface area contributed by atoms with Gasteiger partial charge in [-0.1, -0.05) is 108 Å². The molecule has 0 bridgehead atoms. The summed E-state index contributed by atoms with van der Waals surface area (Å²) in [6, 6.07) is 15.2. The number of rotatable bonds is 3. The van der Waals surface area contributed by atoms with Gasteiger partial charge < -0.3 is 0 Å². The molecule has 0 nitrogen and oxygen atoms in total. The first kappa shape index (κ1) is 26.0. The van der Waals surface area contributed by atoms with Crippen LogP contribution >= 0.6 is 0 Å². The highest BCUT2D eigenvalue weighted by Gasteiger charge is 2.17. The molecular formula is C30H44. The summed E-state index contributed by atoms with van der Waals surface area (Å²) in [4.78, 5) is 0. The van der Waals surface area contributed by atoms with Gasteiger partial charge in [0.25, 0.3) is 0 Å². The third-order valence-electron chi connectivity index (χ3n) is 5.66. The minimum atomic E-state index is 0.942. The molecule has 0 aromatic heterocycles. The molecule has 1 aliphatic rings. The van der Waals surface area contributed by atoms with Crippen LogP contribution in [0.5, 0.6) is 0 Å². The molecule has 1 saturated carbocycles. The molecule has 2 aromatic carbocycles. The predicted molar refractivity (Wildman–Crippen MR) is 135 cm³/mol. The Kier molecular flexibility index (Phi) is 12.9. The van der Waals surface area contributed by atoms with E-state index in [0.717, 1.165) is 23.0 Å². The van der Waals surface area contributed by atoms with Crippen molar-refractivity contribution in [2.45, 2.75) is 93.4 Å². The Morgan fingerprint density at radius 2 is 1.43 bits per heavy atom. The Labute approximate surface area is 187 Å². The first-order chi connectivity index (χ1) is 14.5. The molecule has 164 valence electrons. The Hall–Kier alpha value is -2.00. The normalized spacial score (nSPS) is 17.4. The fourth-order valence-corrected chi connectivity index (χ4v) is 3.79. The summed E-state index contributed by atoms with van der Waals surface area (Å²) in [6.45, 7) is 14.9. The lowest BCUT2D eigenvalue weighted by Gasteiger charge is -2.26. The molecule has 0 radical (unpaired) electrons. The van der Waals surface area contributed by atoms with Gasteiger partial charge in [0.1, 0.15) is 0 Å². The Morgan fingerprint density at radius 1 is 0.833 bits per heavy atom. The fourth-order valence-electron chi connectivity index (χ4n) is 3.79. The van der Waals surface area contributed by atoms with Crippen molar-refractivity contribution >= 4 is 0 Å². The van der Waals surface area contributed by atoms with Gasteiger partial charge in [0.05, 0.1) is 0 Å². The lowest BCUT2D eigenvalue weighted by Crippen LogP contribution is -2.12. The van der Waals surface area contributed by atoms with E-state index < -0.39 is 0 Å². The largest absolute Gasteiger partial charge is 0.0683 e. The van der Waals surface area contributed by atoms with Crippen molar-refractivity contribution < 1.29 is 0 Å². The molecule has 2 aromatic rings. The molecule has 1 aliphatic carbocycles. The maximum absolute atomic E-state index is 3.34. The van der Waals surface area contributed by atoms with Crippen molar-refractivity contribution in [3.8, 4) is 11.8 Å². The van der Waals surface area contributed by atoms with Crippen molar-refractivity contribution in [3.05, 3.63) is 70.3 Å². The lowest BCUT2D eigenvalue weighted by molar-refractivity contribution is 0.278. The van der Waals surface area contributed by atoms with E-state index in [4.69, 9.17) is 0 Å². The standard InChI is InChI=1S/C25H30.C3H8.C2H6/c1-19-4-8-22(9-5-19)12-13-24-15-17-25(21(3)18-24)16-14-23-10-6-20(2)7-11-23;1-3-2;1-2/h6-7,10-11,15,17-19,22H,4-5,8-9,12-13H2,1-3H3;3H2,1-2H3;1-2H3. The van der Waals surface area contributed by atoms with Crippen molar-refractivity contribution in [3.63, 3.8) is 0 Å². The molecule has 0 saturated heterocycles. The summed E-state index contributed by atoms with van der Waals surface area (Å²) in [5.41, 5.74) is 6.28. The van der Waals surface area contributed by atoms with Crippen LogP contribution in [0.25, 0.3) is 0 Å². The fraction of sp³-hybridized carbons (Fsp3) is 0.533. The third kappa shape index (κ3) is 9.67. The van der Waals surface area contributed by atoms with Crippen molar-refractivity contribution in [1.29, 1.82) is 0 Å². The van der Waals surface area contributed by atoms with Crippen LogP contribution in [0.3, 0.4) is 0 Å². The minimum absolute atomic E-state index is 0.942. The van der Waals surface area contributed by atoms with E-state index in [2.05, 4.69) is 88.9 Å².